The molecular formula is C18H18N2O2S. The van der Waals surface area contributed by atoms with E-state index in [1.54, 1.807) is 35.6 Å². The van der Waals surface area contributed by atoms with Crippen molar-refractivity contribution in [2.75, 3.05) is 13.2 Å². The Balaban J connectivity index is 1.65. The van der Waals surface area contributed by atoms with Gasteiger partial charge in [-0.15, -0.1) is 11.3 Å². The van der Waals surface area contributed by atoms with E-state index in [1.165, 1.54) is 10.4 Å². The van der Waals surface area contributed by atoms with E-state index >= 15 is 0 Å². The minimum atomic E-state index is 0.0121. The molecule has 1 aromatic heterocycles. The highest BCUT2D eigenvalue weighted by molar-refractivity contribution is 7.10. The molecule has 0 fully saturated rings. The highest BCUT2D eigenvalue weighted by atomic mass is 32.1. The second-order valence-electron chi connectivity index (χ2n) is 5.49. The lowest BCUT2D eigenvalue weighted by Crippen LogP contribution is -2.41. The van der Waals surface area contributed by atoms with Crippen LogP contribution in [-0.4, -0.2) is 24.0 Å². The summed E-state index contributed by atoms with van der Waals surface area (Å²) in [6.45, 7) is 2.89. The number of nitrogens with zero attached hydrogens (tertiary/aromatic N) is 2. The number of nitriles is 1. The van der Waals surface area contributed by atoms with Gasteiger partial charge in [0.2, 0.25) is 0 Å². The zero-order chi connectivity index (χ0) is 16.2. The first-order valence-corrected chi connectivity index (χ1v) is 8.59. The van der Waals surface area contributed by atoms with Crippen molar-refractivity contribution in [3.8, 4) is 11.8 Å². The third kappa shape index (κ3) is 3.22. The van der Waals surface area contributed by atoms with Gasteiger partial charge in [0.05, 0.1) is 17.7 Å². The fourth-order valence-electron chi connectivity index (χ4n) is 2.99. The van der Waals surface area contributed by atoms with Gasteiger partial charge in [-0.2, -0.15) is 5.26 Å². The van der Waals surface area contributed by atoms with Crippen LogP contribution in [0.4, 0.5) is 0 Å². The van der Waals surface area contributed by atoms with Crippen LogP contribution < -0.4 is 4.74 Å². The molecule has 0 spiro atoms. The van der Waals surface area contributed by atoms with E-state index in [0.29, 0.717) is 11.3 Å². The number of rotatable bonds is 4. The highest BCUT2D eigenvalue weighted by Gasteiger charge is 2.30. The fraction of sp³-hybridized carbons (Fsp3) is 0.333. The van der Waals surface area contributed by atoms with Gasteiger partial charge in [-0.05, 0) is 54.1 Å². The first kappa shape index (κ1) is 15.6. The first-order chi connectivity index (χ1) is 11.2. The summed E-state index contributed by atoms with van der Waals surface area (Å²) >= 11 is 1.78. The number of carbonyl (C=O) groups is 1. The summed E-state index contributed by atoms with van der Waals surface area (Å²) < 4.78 is 5.58. The van der Waals surface area contributed by atoms with Gasteiger partial charge in [0, 0.05) is 11.4 Å². The SMILES string of the molecule is CC[C@@H]1c2ccsc2CCN1C(=O)COc1ccc(C#N)cc1. The molecule has 2 heterocycles. The normalized spacial score (nSPS) is 16.5. The van der Waals surface area contributed by atoms with Gasteiger partial charge >= 0.3 is 0 Å². The molecule has 0 N–H and O–H groups in total. The topological polar surface area (TPSA) is 53.3 Å². The minimum Gasteiger partial charge on any atom is -0.484 e. The zero-order valence-corrected chi connectivity index (χ0v) is 13.8. The van der Waals surface area contributed by atoms with Crippen molar-refractivity contribution in [1.29, 1.82) is 5.26 Å². The Labute approximate surface area is 139 Å². The molecule has 1 amide bonds. The predicted octanol–water partition coefficient (Wildman–Crippen LogP) is 3.53. The van der Waals surface area contributed by atoms with E-state index in [2.05, 4.69) is 24.4 Å². The Morgan fingerprint density at radius 2 is 2.17 bits per heavy atom. The third-order valence-corrected chi connectivity index (χ3v) is 5.14. The maximum absolute atomic E-state index is 12.5. The lowest BCUT2D eigenvalue weighted by atomic mass is 9.98. The molecule has 23 heavy (non-hydrogen) atoms. The van der Waals surface area contributed by atoms with Crippen molar-refractivity contribution in [3.05, 3.63) is 51.7 Å². The lowest BCUT2D eigenvalue weighted by Gasteiger charge is -2.35. The van der Waals surface area contributed by atoms with Gasteiger partial charge in [-0.1, -0.05) is 6.92 Å². The van der Waals surface area contributed by atoms with Crippen molar-refractivity contribution in [2.45, 2.75) is 25.8 Å². The molecule has 5 heteroatoms. The summed E-state index contributed by atoms with van der Waals surface area (Å²) in [5.41, 5.74) is 1.87. The maximum atomic E-state index is 12.5. The van der Waals surface area contributed by atoms with Crippen LogP contribution in [-0.2, 0) is 11.2 Å². The molecule has 0 saturated carbocycles. The van der Waals surface area contributed by atoms with E-state index in [4.69, 9.17) is 10.00 Å². The van der Waals surface area contributed by atoms with Gasteiger partial charge < -0.3 is 9.64 Å². The largest absolute Gasteiger partial charge is 0.484 e. The monoisotopic (exact) mass is 326 g/mol. The highest BCUT2D eigenvalue weighted by Crippen LogP contribution is 2.35. The van der Waals surface area contributed by atoms with Crippen LogP contribution in [0.3, 0.4) is 0 Å². The molecule has 3 rings (SSSR count). The number of thiophene rings is 1. The second kappa shape index (κ2) is 6.84. The Morgan fingerprint density at radius 3 is 2.87 bits per heavy atom. The molecular weight excluding hydrogens is 308 g/mol. The number of hydrogen-bond donors (Lipinski definition) is 0. The quantitative estimate of drug-likeness (QED) is 0.863. The van der Waals surface area contributed by atoms with Gasteiger partial charge in [0.1, 0.15) is 5.75 Å². The third-order valence-electron chi connectivity index (χ3n) is 4.15. The molecule has 1 atom stereocenters. The van der Waals surface area contributed by atoms with Gasteiger partial charge in [0.25, 0.3) is 5.91 Å². The average molecular weight is 326 g/mol. The maximum Gasteiger partial charge on any atom is 0.261 e. The zero-order valence-electron chi connectivity index (χ0n) is 13.0. The smallest absolute Gasteiger partial charge is 0.261 e. The summed E-state index contributed by atoms with van der Waals surface area (Å²) in [5, 5.41) is 10.9. The van der Waals surface area contributed by atoms with Crippen LogP contribution in [0, 0.1) is 11.3 Å². The molecule has 4 nitrogen and oxygen atoms in total. The number of hydrogen-bond acceptors (Lipinski definition) is 4. The van der Waals surface area contributed by atoms with Crippen LogP contribution in [0.25, 0.3) is 0 Å². The first-order valence-electron chi connectivity index (χ1n) is 7.71. The molecule has 2 aromatic rings. The predicted molar refractivity (Wildman–Crippen MR) is 89.4 cm³/mol. The van der Waals surface area contributed by atoms with Gasteiger partial charge in [-0.3, -0.25) is 4.79 Å². The second-order valence-corrected chi connectivity index (χ2v) is 6.49. The molecule has 1 aromatic carbocycles. The van der Waals surface area contributed by atoms with Crippen LogP contribution in [0.2, 0.25) is 0 Å². The Morgan fingerprint density at radius 1 is 1.39 bits per heavy atom. The summed E-state index contributed by atoms with van der Waals surface area (Å²) in [6, 6.07) is 11.2. The number of carbonyl (C=O) groups excluding carboxylic acids is 1. The van der Waals surface area contributed by atoms with Crippen LogP contribution in [0.5, 0.6) is 5.75 Å². The van der Waals surface area contributed by atoms with Gasteiger partial charge in [-0.25, -0.2) is 0 Å². The Hall–Kier alpha value is -2.32. The summed E-state index contributed by atoms with van der Waals surface area (Å²) in [5.74, 6) is 0.622. The van der Waals surface area contributed by atoms with Crippen molar-refractivity contribution >= 4 is 17.2 Å². The van der Waals surface area contributed by atoms with E-state index in [0.717, 1.165) is 19.4 Å². The standard InChI is InChI=1S/C18H18N2O2S/c1-2-16-15-8-10-23-17(15)7-9-20(16)18(21)12-22-14-5-3-13(11-19)4-6-14/h3-6,8,10,16H,2,7,9,12H2,1H3/t16-/m1/s1. The molecule has 0 unspecified atom stereocenters. The fourth-order valence-corrected chi connectivity index (χ4v) is 3.92. The van der Waals surface area contributed by atoms with Crippen LogP contribution >= 0.6 is 11.3 Å². The molecule has 0 aliphatic carbocycles. The van der Waals surface area contributed by atoms with Crippen LogP contribution in [0.1, 0.15) is 35.4 Å². The number of amides is 1. The lowest BCUT2D eigenvalue weighted by molar-refractivity contribution is -0.136. The van der Waals surface area contributed by atoms with E-state index in [-0.39, 0.29) is 18.6 Å². The van der Waals surface area contributed by atoms with Crippen molar-refractivity contribution < 1.29 is 9.53 Å². The number of fused-ring (bicyclic) bond motifs is 1. The molecule has 118 valence electrons. The minimum absolute atomic E-state index is 0.0121. The molecule has 0 bridgehead atoms. The Bertz CT molecular complexity index is 730. The van der Waals surface area contributed by atoms with E-state index in [1.807, 2.05) is 4.90 Å². The Kier molecular flexibility index (Phi) is 4.63. The van der Waals surface area contributed by atoms with E-state index < -0.39 is 0 Å². The molecule has 1 aliphatic rings. The van der Waals surface area contributed by atoms with Crippen molar-refractivity contribution in [3.63, 3.8) is 0 Å². The number of ether oxygens (including phenoxy) is 1. The summed E-state index contributed by atoms with van der Waals surface area (Å²) in [4.78, 5) is 15.9. The summed E-state index contributed by atoms with van der Waals surface area (Å²) in [7, 11) is 0. The van der Waals surface area contributed by atoms with Crippen molar-refractivity contribution in [2.24, 2.45) is 0 Å². The number of benzene rings is 1. The molecule has 0 radical (unpaired) electrons. The average Bonchev–Trinajstić information content (AvgIpc) is 3.07. The molecule has 0 saturated heterocycles. The molecule has 1 aliphatic heterocycles. The van der Waals surface area contributed by atoms with Gasteiger partial charge in [0.15, 0.2) is 6.61 Å². The summed E-state index contributed by atoms with van der Waals surface area (Å²) in [6.07, 6.45) is 1.83. The van der Waals surface area contributed by atoms with Crippen molar-refractivity contribution in [1.82, 2.24) is 4.90 Å². The van der Waals surface area contributed by atoms with E-state index in [9.17, 15) is 4.79 Å². The van der Waals surface area contributed by atoms with Crippen LogP contribution in [0.15, 0.2) is 35.7 Å².